The molecule has 2 rings (SSSR count). The van der Waals surface area contributed by atoms with Crippen molar-refractivity contribution in [2.45, 2.75) is 51.3 Å². The molecular formula is C11H19N3O. The molecule has 0 atom stereocenters. The Labute approximate surface area is 90.4 Å². The van der Waals surface area contributed by atoms with Gasteiger partial charge in [-0.15, -0.1) is 0 Å². The van der Waals surface area contributed by atoms with Gasteiger partial charge in [-0.1, -0.05) is 0 Å². The van der Waals surface area contributed by atoms with Crippen molar-refractivity contribution in [3.63, 3.8) is 0 Å². The van der Waals surface area contributed by atoms with Gasteiger partial charge in [-0.05, 0) is 32.6 Å². The molecule has 1 aliphatic rings. The van der Waals surface area contributed by atoms with Crippen LogP contribution in [0.2, 0.25) is 0 Å². The molecule has 0 spiro atoms. The lowest BCUT2D eigenvalue weighted by atomic mass is 9.94. The highest BCUT2D eigenvalue weighted by Crippen LogP contribution is 2.21. The van der Waals surface area contributed by atoms with Crippen LogP contribution >= 0.6 is 0 Å². The molecule has 0 aromatic carbocycles. The maximum Gasteiger partial charge on any atom is 0.296 e. The van der Waals surface area contributed by atoms with Gasteiger partial charge >= 0.3 is 0 Å². The van der Waals surface area contributed by atoms with Gasteiger partial charge in [0.15, 0.2) is 0 Å². The third kappa shape index (κ3) is 2.50. The lowest BCUT2D eigenvalue weighted by Gasteiger charge is -2.26. The van der Waals surface area contributed by atoms with Crippen LogP contribution in [0.25, 0.3) is 0 Å². The number of hydrogen-bond donors (Lipinski definition) is 1. The molecule has 84 valence electrons. The van der Waals surface area contributed by atoms with Crippen LogP contribution in [-0.4, -0.2) is 21.7 Å². The van der Waals surface area contributed by atoms with E-state index in [1.807, 2.05) is 10.8 Å². The van der Waals surface area contributed by atoms with Crippen molar-refractivity contribution in [3.05, 3.63) is 12.4 Å². The van der Waals surface area contributed by atoms with Gasteiger partial charge in [0.25, 0.3) is 6.01 Å². The zero-order valence-electron chi connectivity index (χ0n) is 9.22. The van der Waals surface area contributed by atoms with Crippen molar-refractivity contribution in [2.75, 3.05) is 0 Å². The van der Waals surface area contributed by atoms with Gasteiger partial charge in [-0.25, -0.2) is 4.98 Å². The first-order valence-corrected chi connectivity index (χ1v) is 5.73. The number of ether oxygens (including phenoxy) is 1. The minimum absolute atomic E-state index is 0.303. The summed E-state index contributed by atoms with van der Waals surface area (Å²) in [6, 6.07) is 1.12. The quantitative estimate of drug-likeness (QED) is 0.821. The van der Waals surface area contributed by atoms with Crippen molar-refractivity contribution in [1.82, 2.24) is 9.55 Å². The maximum atomic E-state index is 5.86. The van der Waals surface area contributed by atoms with Crippen molar-refractivity contribution in [3.8, 4) is 6.01 Å². The number of imidazole rings is 1. The van der Waals surface area contributed by atoms with E-state index in [1.165, 1.54) is 0 Å². The van der Waals surface area contributed by atoms with Crippen LogP contribution in [0.3, 0.4) is 0 Å². The molecule has 1 fully saturated rings. The number of hydrogen-bond acceptors (Lipinski definition) is 3. The summed E-state index contributed by atoms with van der Waals surface area (Å²) in [5.74, 6) is 0. The van der Waals surface area contributed by atoms with Gasteiger partial charge in [0.1, 0.15) is 6.10 Å². The van der Waals surface area contributed by atoms with Crippen LogP contribution in [0.15, 0.2) is 12.4 Å². The molecule has 0 unspecified atom stereocenters. The summed E-state index contributed by atoms with van der Waals surface area (Å²) in [4.78, 5) is 4.21. The molecule has 4 heteroatoms. The normalized spacial score (nSPS) is 26.5. The number of nitrogens with two attached hydrogens (primary N) is 1. The lowest BCUT2D eigenvalue weighted by molar-refractivity contribution is 0.129. The Balaban J connectivity index is 1.91. The van der Waals surface area contributed by atoms with E-state index in [-0.39, 0.29) is 0 Å². The van der Waals surface area contributed by atoms with Gasteiger partial charge in [-0.3, -0.25) is 0 Å². The number of rotatable bonds is 3. The second-order valence-corrected chi connectivity index (χ2v) is 4.15. The van der Waals surface area contributed by atoms with E-state index in [2.05, 4.69) is 11.9 Å². The van der Waals surface area contributed by atoms with Crippen LogP contribution in [0.1, 0.15) is 32.6 Å². The molecule has 1 saturated carbocycles. The summed E-state index contributed by atoms with van der Waals surface area (Å²) in [7, 11) is 0. The van der Waals surface area contributed by atoms with E-state index >= 15 is 0 Å². The van der Waals surface area contributed by atoms with Crippen molar-refractivity contribution in [1.29, 1.82) is 0 Å². The molecule has 0 amide bonds. The topological polar surface area (TPSA) is 53.1 Å². The summed E-state index contributed by atoms with van der Waals surface area (Å²) in [6.07, 6.45) is 8.28. The predicted octanol–water partition coefficient (Wildman–Crippen LogP) is 1.55. The van der Waals surface area contributed by atoms with E-state index < -0.39 is 0 Å². The molecule has 1 heterocycles. The Kier molecular flexibility index (Phi) is 3.26. The molecule has 0 aliphatic heterocycles. The summed E-state index contributed by atoms with van der Waals surface area (Å²) < 4.78 is 7.88. The molecule has 2 N–H and O–H groups in total. The summed E-state index contributed by atoms with van der Waals surface area (Å²) in [5, 5.41) is 0. The van der Waals surface area contributed by atoms with Gasteiger partial charge in [-0.2, -0.15) is 0 Å². The number of aryl methyl sites for hydroxylation is 1. The zero-order chi connectivity index (χ0) is 10.7. The van der Waals surface area contributed by atoms with Gasteiger partial charge in [0.05, 0.1) is 0 Å². The molecule has 1 aromatic heterocycles. The third-order valence-corrected chi connectivity index (χ3v) is 3.01. The van der Waals surface area contributed by atoms with Crippen molar-refractivity contribution >= 4 is 0 Å². The molecule has 1 aromatic rings. The molecule has 0 radical (unpaired) electrons. The molecule has 0 saturated heterocycles. The fourth-order valence-electron chi connectivity index (χ4n) is 2.01. The summed E-state index contributed by atoms with van der Waals surface area (Å²) in [6.45, 7) is 2.99. The average Bonchev–Trinajstić information content (AvgIpc) is 2.69. The summed E-state index contributed by atoms with van der Waals surface area (Å²) in [5.41, 5.74) is 5.85. The highest BCUT2D eigenvalue weighted by atomic mass is 16.5. The minimum Gasteiger partial charge on any atom is -0.461 e. The smallest absolute Gasteiger partial charge is 0.296 e. The SMILES string of the molecule is CCn1ccnc1OC1CCC(N)CC1. The largest absolute Gasteiger partial charge is 0.461 e. The monoisotopic (exact) mass is 209 g/mol. The average molecular weight is 209 g/mol. The second-order valence-electron chi connectivity index (χ2n) is 4.15. The van der Waals surface area contributed by atoms with E-state index in [4.69, 9.17) is 10.5 Å². The van der Waals surface area contributed by atoms with Gasteiger partial charge in [0, 0.05) is 25.0 Å². The third-order valence-electron chi connectivity index (χ3n) is 3.01. The molecular weight excluding hydrogens is 190 g/mol. The second kappa shape index (κ2) is 4.66. The van der Waals surface area contributed by atoms with Crippen LogP contribution in [0, 0.1) is 0 Å². The number of nitrogens with zero attached hydrogens (tertiary/aromatic N) is 2. The minimum atomic E-state index is 0.303. The van der Waals surface area contributed by atoms with E-state index in [0.29, 0.717) is 12.1 Å². The summed E-state index contributed by atoms with van der Waals surface area (Å²) >= 11 is 0. The first-order valence-electron chi connectivity index (χ1n) is 5.73. The molecule has 15 heavy (non-hydrogen) atoms. The van der Waals surface area contributed by atoms with Gasteiger partial charge in [0.2, 0.25) is 0 Å². The zero-order valence-corrected chi connectivity index (χ0v) is 9.22. The highest BCUT2D eigenvalue weighted by molar-refractivity contribution is 4.99. The first kappa shape index (κ1) is 10.5. The first-order chi connectivity index (χ1) is 7.29. The fraction of sp³-hybridized carbons (Fsp3) is 0.727. The maximum absolute atomic E-state index is 5.86. The van der Waals surface area contributed by atoms with E-state index in [1.54, 1.807) is 6.20 Å². The Bertz CT molecular complexity index is 303. The van der Waals surface area contributed by atoms with Crippen LogP contribution < -0.4 is 10.5 Å². The van der Waals surface area contributed by atoms with Gasteiger partial charge < -0.3 is 15.0 Å². The molecule has 1 aliphatic carbocycles. The predicted molar refractivity (Wildman–Crippen MR) is 58.8 cm³/mol. The fourth-order valence-corrected chi connectivity index (χ4v) is 2.01. The van der Waals surface area contributed by atoms with Crippen LogP contribution in [0.4, 0.5) is 0 Å². The highest BCUT2D eigenvalue weighted by Gasteiger charge is 2.20. The molecule has 4 nitrogen and oxygen atoms in total. The van der Waals surface area contributed by atoms with Crippen molar-refractivity contribution in [2.24, 2.45) is 5.73 Å². The Morgan fingerprint density at radius 3 is 2.87 bits per heavy atom. The van der Waals surface area contributed by atoms with Crippen molar-refractivity contribution < 1.29 is 4.74 Å². The standard InChI is InChI=1S/C11H19N3O/c1-2-14-8-7-13-11(14)15-10-5-3-9(12)4-6-10/h7-10H,2-6,12H2,1H3. The number of aromatic nitrogens is 2. The lowest BCUT2D eigenvalue weighted by Crippen LogP contribution is -2.32. The Morgan fingerprint density at radius 1 is 1.47 bits per heavy atom. The molecule has 0 bridgehead atoms. The Hall–Kier alpha value is -1.03. The van der Waals surface area contributed by atoms with E-state index in [9.17, 15) is 0 Å². The van der Waals surface area contributed by atoms with Crippen LogP contribution in [-0.2, 0) is 6.54 Å². The van der Waals surface area contributed by atoms with E-state index in [0.717, 1.165) is 38.2 Å². The Morgan fingerprint density at radius 2 is 2.20 bits per heavy atom. The van der Waals surface area contributed by atoms with Crippen LogP contribution in [0.5, 0.6) is 6.01 Å².